The molecule has 3 aromatic rings. The molecule has 1 heterocycles. The van der Waals surface area contributed by atoms with Gasteiger partial charge < -0.3 is 4.74 Å². The molecule has 0 bridgehead atoms. The average molecular weight is 280 g/mol. The quantitative estimate of drug-likeness (QED) is 0.728. The van der Waals surface area contributed by atoms with Gasteiger partial charge in [-0.15, -0.1) is 0 Å². The Morgan fingerprint density at radius 2 is 1.71 bits per heavy atom. The number of hydrogen-bond donors (Lipinski definition) is 0. The predicted octanol–water partition coefficient (Wildman–Crippen LogP) is 3.86. The van der Waals surface area contributed by atoms with Crippen LogP contribution < -0.4 is 4.74 Å². The molecular formula is C17H13FN2O. The fourth-order valence-electron chi connectivity index (χ4n) is 2.00. The van der Waals surface area contributed by atoms with Gasteiger partial charge in [-0.2, -0.15) is 0 Å². The van der Waals surface area contributed by atoms with Crippen molar-refractivity contribution in [3.63, 3.8) is 0 Å². The zero-order valence-corrected chi connectivity index (χ0v) is 11.2. The van der Waals surface area contributed by atoms with Gasteiger partial charge in [0.1, 0.15) is 24.5 Å². The molecule has 0 spiro atoms. The van der Waals surface area contributed by atoms with Gasteiger partial charge in [-0.05, 0) is 17.7 Å². The molecule has 1 aromatic heterocycles. The summed E-state index contributed by atoms with van der Waals surface area (Å²) >= 11 is 0. The third kappa shape index (κ3) is 3.23. The molecule has 3 nitrogen and oxygen atoms in total. The van der Waals surface area contributed by atoms with Crippen molar-refractivity contribution in [3.8, 4) is 16.9 Å². The monoisotopic (exact) mass is 280 g/mol. The topological polar surface area (TPSA) is 35.0 Å². The van der Waals surface area contributed by atoms with Crippen LogP contribution in [-0.2, 0) is 6.61 Å². The molecule has 4 heteroatoms. The van der Waals surface area contributed by atoms with Crippen LogP contribution in [0.5, 0.6) is 5.75 Å². The molecule has 0 aliphatic rings. The van der Waals surface area contributed by atoms with E-state index in [1.54, 1.807) is 24.5 Å². The van der Waals surface area contributed by atoms with Crippen LogP contribution >= 0.6 is 0 Å². The number of nitrogens with zero attached hydrogens (tertiary/aromatic N) is 2. The lowest BCUT2D eigenvalue weighted by atomic mass is 10.1. The van der Waals surface area contributed by atoms with Gasteiger partial charge in [0, 0.05) is 29.6 Å². The Morgan fingerprint density at radius 3 is 2.43 bits per heavy atom. The summed E-state index contributed by atoms with van der Waals surface area (Å²) in [4.78, 5) is 7.78. The van der Waals surface area contributed by atoms with Gasteiger partial charge in [-0.1, -0.05) is 30.3 Å². The first-order valence-electron chi connectivity index (χ1n) is 6.54. The first-order valence-corrected chi connectivity index (χ1v) is 6.54. The van der Waals surface area contributed by atoms with Crippen LogP contribution in [0.1, 0.15) is 5.56 Å². The van der Waals surface area contributed by atoms with E-state index in [-0.39, 0.29) is 5.82 Å². The van der Waals surface area contributed by atoms with Crippen LogP contribution in [-0.4, -0.2) is 9.97 Å². The first-order chi connectivity index (χ1) is 10.3. The molecule has 2 aromatic carbocycles. The third-order valence-electron chi connectivity index (χ3n) is 3.06. The lowest BCUT2D eigenvalue weighted by molar-refractivity contribution is 0.304. The normalized spacial score (nSPS) is 10.3. The fraction of sp³-hybridized carbons (Fsp3) is 0.0588. The van der Waals surface area contributed by atoms with Crippen molar-refractivity contribution in [2.45, 2.75) is 6.61 Å². The lowest BCUT2D eigenvalue weighted by Crippen LogP contribution is -1.96. The number of benzene rings is 2. The smallest absolute Gasteiger partial charge is 0.134 e. The van der Waals surface area contributed by atoms with Crippen molar-refractivity contribution in [1.29, 1.82) is 0 Å². The van der Waals surface area contributed by atoms with E-state index in [2.05, 4.69) is 9.97 Å². The summed E-state index contributed by atoms with van der Waals surface area (Å²) in [5.74, 6) is 0.146. The molecule has 104 valence electrons. The van der Waals surface area contributed by atoms with Gasteiger partial charge in [0.2, 0.25) is 0 Å². The maximum atomic E-state index is 14.1. The second-order valence-corrected chi connectivity index (χ2v) is 4.54. The summed E-state index contributed by atoms with van der Waals surface area (Å²) in [7, 11) is 0. The Hall–Kier alpha value is -2.75. The van der Waals surface area contributed by atoms with Gasteiger partial charge in [0.15, 0.2) is 0 Å². The number of hydrogen-bond acceptors (Lipinski definition) is 3. The molecule has 0 aliphatic heterocycles. The van der Waals surface area contributed by atoms with Gasteiger partial charge in [-0.25, -0.2) is 14.4 Å². The highest BCUT2D eigenvalue weighted by atomic mass is 19.1. The van der Waals surface area contributed by atoms with Gasteiger partial charge >= 0.3 is 0 Å². The van der Waals surface area contributed by atoms with Gasteiger partial charge in [0.25, 0.3) is 0 Å². The summed E-state index contributed by atoms with van der Waals surface area (Å²) < 4.78 is 19.7. The van der Waals surface area contributed by atoms with Crippen LogP contribution in [0.25, 0.3) is 11.1 Å². The molecule has 0 unspecified atom stereocenters. The summed E-state index contributed by atoms with van der Waals surface area (Å²) in [5, 5.41) is 0. The Labute approximate surface area is 122 Å². The van der Waals surface area contributed by atoms with Crippen LogP contribution in [0.15, 0.2) is 67.3 Å². The zero-order valence-electron chi connectivity index (χ0n) is 11.2. The van der Waals surface area contributed by atoms with Crippen molar-refractivity contribution in [1.82, 2.24) is 9.97 Å². The summed E-state index contributed by atoms with van der Waals surface area (Å²) in [6, 6.07) is 14.6. The van der Waals surface area contributed by atoms with E-state index in [9.17, 15) is 4.39 Å². The molecule has 0 aliphatic carbocycles. The summed E-state index contributed by atoms with van der Waals surface area (Å²) in [6.45, 7) is 0.411. The maximum absolute atomic E-state index is 14.1. The molecule has 0 N–H and O–H groups in total. The minimum absolute atomic E-state index is 0.352. The molecule has 3 rings (SSSR count). The Kier molecular flexibility index (Phi) is 3.87. The third-order valence-corrected chi connectivity index (χ3v) is 3.06. The molecule has 0 saturated heterocycles. The van der Waals surface area contributed by atoms with Crippen LogP contribution in [0.3, 0.4) is 0 Å². The molecule has 0 atom stereocenters. The molecular weight excluding hydrogens is 267 g/mol. The second-order valence-electron chi connectivity index (χ2n) is 4.54. The Bertz CT molecular complexity index is 717. The zero-order chi connectivity index (χ0) is 14.5. The fourth-order valence-corrected chi connectivity index (χ4v) is 2.00. The van der Waals surface area contributed by atoms with Crippen LogP contribution in [0.2, 0.25) is 0 Å². The highest BCUT2D eigenvalue weighted by Gasteiger charge is 2.07. The van der Waals surface area contributed by atoms with Crippen molar-refractivity contribution >= 4 is 0 Å². The van der Waals surface area contributed by atoms with Crippen molar-refractivity contribution in [3.05, 3.63) is 78.6 Å². The number of rotatable bonds is 4. The number of aromatic nitrogens is 2. The van der Waals surface area contributed by atoms with Crippen LogP contribution in [0, 0.1) is 5.82 Å². The largest absolute Gasteiger partial charge is 0.489 e. The Balaban J connectivity index is 1.76. The lowest BCUT2D eigenvalue weighted by Gasteiger charge is -2.08. The number of halogens is 1. The van der Waals surface area contributed by atoms with E-state index in [1.807, 2.05) is 30.3 Å². The van der Waals surface area contributed by atoms with Gasteiger partial charge in [-0.3, -0.25) is 0 Å². The van der Waals surface area contributed by atoms with E-state index in [1.165, 1.54) is 12.4 Å². The molecule has 21 heavy (non-hydrogen) atoms. The molecule has 0 saturated carbocycles. The molecule has 0 radical (unpaired) electrons. The predicted molar refractivity (Wildman–Crippen MR) is 78.2 cm³/mol. The highest BCUT2D eigenvalue weighted by molar-refractivity contribution is 5.63. The van der Waals surface area contributed by atoms with Crippen molar-refractivity contribution in [2.75, 3.05) is 0 Å². The van der Waals surface area contributed by atoms with E-state index >= 15 is 0 Å². The SMILES string of the molecule is Fc1cc(OCc2ccccc2)ccc1-c1cncnc1. The van der Waals surface area contributed by atoms with Crippen LogP contribution in [0.4, 0.5) is 4.39 Å². The second kappa shape index (κ2) is 6.13. The van der Waals surface area contributed by atoms with E-state index < -0.39 is 0 Å². The average Bonchev–Trinajstić information content (AvgIpc) is 2.55. The highest BCUT2D eigenvalue weighted by Crippen LogP contribution is 2.25. The number of ether oxygens (including phenoxy) is 1. The van der Waals surface area contributed by atoms with E-state index in [0.29, 0.717) is 23.5 Å². The van der Waals surface area contributed by atoms with Gasteiger partial charge in [0.05, 0.1) is 0 Å². The first kappa shape index (κ1) is 13.2. The summed E-state index contributed by atoms with van der Waals surface area (Å²) in [5.41, 5.74) is 2.14. The standard InChI is InChI=1S/C17H13FN2O/c18-17-8-15(21-11-13-4-2-1-3-5-13)6-7-16(17)14-9-19-12-20-10-14/h1-10,12H,11H2. The maximum Gasteiger partial charge on any atom is 0.134 e. The van der Waals surface area contributed by atoms with E-state index in [0.717, 1.165) is 5.56 Å². The van der Waals surface area contributed by atoms with Crippen molar-refractivity contribution in [2.24, 2.45) is 0 Å². The molecule has 0 amide bonds. The Morgan fingerprint density at radius 1 is 0.952 bits per heavy atom. The minimum Gasteiger partial charge on any atom is -0.489 e. The van der Waals surface area contributed by atoms with Crippen molar-refractivity contribution < 1.29 is 9.13 Å². The molecule has 0 fully saturated rings. The van der Waals surface area contributed by atoms with E-state index in [4.69, 9.17) is 4.74 Å². The minimum atomic E-state index is -0.352. The summed E-state index contributed by atoms with van der Waals surface area (Å²) in [6.07, 6.45) is 4.57.